The molecule has 0 N–H and O–H groups in total. The number of carbonyl (C=O) groups excluding carboxylic acids is 2. The highest BCUT2D eigenvalue weighted by molar-refractivity contribution is 6.71. The zero-order valence-corrected chi connectivity index (χ0v) is 17.0. The molecule has 0 atom stereocenters. The molecule has 6 heteroatoms. The summed E-state index contributed by atoms with van der Waals surface area (Å²) in [5.41, 5.74) is 0. The Labute approximate surface area is 137 Å². The van der Waals surface area contributed by atoms with E-state index in [1.807, 2.05) is 45.4 Å². The average Bonchev–Trinajstić information content (AvgIpc) is 2.27. The molecule has 0 aliphatic heterocycles. The first-order valence-corrected chi connectivity index (χ1v) is 14.9. The van der Waals surface area contributed by atoms with Crippen LogP contribution >= 0.6 is 0 Å². The van der Waals surface area contributed by atoms with E-state index in [1.54, 1.807) is 0 Å². The lowest BCUT2D eigenvalue weighted by Crippen LogP contribution is -2.29. The van der Waals surface area contributed by atoms with Crippen molar-refractivity contribution >= 4 is 28.6 Å². The summed E-state index contributed by atoms with van der Waals surface area (Å²) in [7, 11) is -3.49. The summed E-state index contributed by atoms with van der Waals surface area (Å²) >= 11 is 0. The van der Waals surface area contributed by atoms with Gasteiger partial charge in [-0.05, 0) is 65.0 Å². The van der Waals surface area contributed by atoms with Crippen molar-refractivity contribution in [3.8, 4) is 0 Å². The molecule has 0 aromatic rings. The number of unbranched alkanes of at least 4 members (excludes halogenated alkanes) is 2. The molecule has 0 saturated heterocycles. The molecule has 0 aromatic heterocycles. The van der Waals surface area contributed by atoms with Gasteiger partial charge in [-0.25, -0.2) is 0 Å². The van der Waals surface area contributed by atoms with Gasteiger partial charge in [0.1, 0.15) is 0 Å². The summed E-state index contributed by atoms with van der Waals surface area (Å²) in [6, 6.07) is 0. The molecule has 4 nitrogen and oxygen atoms in total. The molecule has 0 bridgehead atoms. The second-order valence-electron chi connectivity index (χ2n) is 7.43. The Bertz CT molecular complexity index is 379. The molecule has 0 spiro atoms. The Balaban J connectivity index is 3.60. The minimum Gasteiger partial charge on any atom is -0.520 e. The van der Waals surface area contributed by atoms with E-state index in [1.165, 1.54) is 0 Å². The van der Waals surface area contributed by atoms with Crippen molar-refractivity contribution in [2.75, 3.05) is 0 Å². The van der Waals surface area contributed by atoms with Gasteiger partial charge < -0.3 is 8.85 Å². The highest BCUT2D eigenvalue weighted by Crippen LogP contribution is 2.09. The second kappa shape index (κ2) is 10.00. The summed E-state index contributed by atoms with van der Waals surface area (Å²) in [5, 5.41) is 0. The molecule has 128 valence electrons. The van der Waals surface area contributed by atoms with Crippen molar-refractivity contribution in [2.45, 2.75) is 77.8 Å². The molecule has 0 amide bonds. The maximum absolute atomic E-state index is 11.5. The molecular weight excluding hydrogens is 312 g/mol. The third-order valence-corrected chi connectivity index (χ3v) is 4.20. The van der Waals surface area contributed by atoms with Gasteiger partial charge in [0, 0.05) is 12.8 Å². The van der Waals surface area contributed by atoms with Crippen molar-refractivity contribution in [3.63, 3.8) is 0 Å². The minimum atomic E-state index is -1.75. The van der Waals surface area contributed by atoms with E-state index in [0.717, 1.165) is 25.7 Å². The smallest absolute Gasteiger partial charge is 0.292 e. The molecule has 0 aromatic carbocycles. The van der Waals surface area contributed by atoms with Crippen molar-refractivity contribution in [1.29, 1.82) is 0 Å². The summed E-state index contributed by atoms with van der Waals surface area (Å²) in [4.78, 5) is 23.0. The lowest BCUT2D eigenvalue weighted by molar-refractivity contribution is -0.136. The summed E-state index contributed by atoms with van der Waals surface area (Å²) in [6.45, 7) is 12.1. The first-order valence-electron chi connectivity index (χ1n) is 8.08. The van der Waals surface area contributed by atoms with E-state index in [9.17, 15) is 9.59 Å². The van der Waals surface area contributed by atoms with E-state index >= 15 is 0 Å². The lowest BCUT2D eigenvalue weighted by atomic mass is 10.2. The van der Waals surface area contributed by atoms with Crippen LogP contribution < -0.4 is 0 Å². The number of hydrogen-bond donors (Lipinski definition) is 0. The number of hydrogen-bond acceptors (Lipinski definition) is 4. The molecule has 0 heterocycles. The fourth-order valence-corrected chi connectivity index (χ4v) is 3.32. The van der Waals surface area contributed by atoms with Gasteiger partial charge in [-0.2, -0.15) is 0 Å². The van der Waals surface area contributed by atoms with Crippen LogP contribution in [0.25, 0.3) is 0 Å². The molecule has 0 radical (unpaired) electrons. The van der Waals surface area contributed by atoms with Gasteiger partial charge in [-0.1, -0.05) is 12.2 Å². The zero-order chi connectivity index (χ0) is 17.2. The number of carbonyl (C=O) groups is 2. The van der Waals surface area contributed by atoms with E-state index in [-0.39, 0.29) is 11.9 Å². The van der Waals surface area contributed by atoms with Crippen LogP contribution in [0.15, 0.2) is 12.2 Å². The van der Waals surface area contributed by atoms with Crippen LogP contribution in [0.5, 0.6) is 0 Å². The van der Waals surface area contributed by atoms with E-state index in [0.29, 0.717) is 12.8 Å². The van der Waals surface area contributed by atoms with Crippen molar-refractivity contribution in [3.05, 3.63) is 12.2 Å². The fourth-order valence-electron chi connectivity index (χ4n) is 1.75. The van der Waals surface area contributed by atoms with Gasteiger partial charge in [0.2, 0.25) is 16.6 Å². The largest absolute Gasteiger partial charge is 0.520 e. The monoisotopic (exact) mass is 344 g/mol. The Morgan fingerprint density at radius 2 is 1.18 bits per heavy atom. The number of rotatable bonds is 10. The molecular formula is C16H32O4Si2. The maximum Gasteiger partial charge on any atom is 0.292 e. The predicted octanol–water partition coefficient (Wildman–Crippen LogP) is 4.64. The standard InChI is InChI=1S/C16H32O4Si2/c1-21(2,3)19-15(17)13-11-9-7-8-10-12-14-16(18)20-22(4,5)6/h7,9H,8,10-14H2,1-6H3/b9-7+. The Hall–Kier alpha value is -0.886. The average molecular weight is 345 g/mol. The third kappa shape index (κ3) is 15.5. The number of allylic oxidation sites excluding steroid dienone is 2. The molecule has 0 unspecified atom stereocenters. The van der Waals surface area contributed by atoms with Crippen LogP contribution in [-0.4, -0.2) is 28.6 Å². The van der Waals surface area contributed by atoms with Crippen LogP contribution in [0.1, 0.15) is 38.5 Å². The quantitative estimate of drug-likeness (QED) is 0.329. The van der Waals surface area contributed by atoms with E-state index < -0.39 is 16.6 Å². The van der Waals surface area contributed by atoms with E-state index in [4.69, 9.17) is 8.85 Å². The maximum atomic E-state index is 11.5. The van der Waals surface area contributed by atoms with Crippen LogP contribution in [0.4, 0.5) is 0 Å². The van der Waals surface area contributed by atoms with Crippen molar-refractivity contribution < 1.29 is 18.4 Å². The normalized spacial score (nSPS) is 12.5. The van der Waals surface area contributed by atoms with Crippen LogP contribution in [0.2, 0.25) is 39.3 Å². The van der Waals surface area contributed by atoms with Gasteiger partial charge >= 0.3 is 0 Å². The summed E-state index contributed by atoms with van der Waals surface area (Å²) in [6.07, 6.45) is 8.52. The van der Waals surface area contributed by atoms with Crippen LogP contribution in [0, 0.1) is 0 Å². The van der Waals surface area contributed by atoms with Gasteiger partial charge in [-0.15, -0.1) is 0 Å². The third-order valence-electron chi connectivity index (χ3n) is 2.52. The highest BCUT2D eigenvalue weighted by atomic mass is 28.4. The van der Waals surface area contributed by atoms with Crippen molar-refractivity contribution in [2.24, 2.45) is 0 Å². The summed E-state index contributed by atoms with van der Waals surface area (Å²) in [5.74, 6) is -0.171. The predicted molar refractivity (Wildman–Crippen MR) is 95.7 cm³/mol. The first-order chi connectivity index (χ1) is 9.99. The Kier molecular flexibility index (Phi) is 9.59. The summed E-state index contributed by atoms with van der Waals surface area (Å²) < 4.78 is 10.7. The van der Waals surface area contributed by atoms with Gasteiger partial charge in [0.15, 0.2) is 0 Å². The second-order valence-corrected chi connectivity index (χ2v) is 16.3. The minimum absolute atomic E-state index is 0.0720. The van der Waals surface area contributed by atoms with Gasteiger partial charge in [0.25, 0.3) is 11.9 Å². The highest BCUT2D eigenvalue weighted by Gasteiger charge is 2.19. The first kappa shape index (κ1) is 21.1. The van der Waals surface area contributed by atoms with Crippen LogP contribution in [0.3, 0.4) is 0 Å². The fraction of sp³-hybridized carbons (Fsp3) is 0.750. The van der Waals surface area contributed by atoms with Gasteiger partial charge in [-0.3, -0.25) is 9.59 Å². The Morgan fingerprint density at radius 1 is 0.727 bits per heavy atom. The lowest BCUT2D eigenvalue weighted by Gasteiger charge is -2.17. The molecule has 0 aliphatic carbocycles. The van der Waals surface area contributed by atoms with Crippen LogP contribution in [-0.2, 0) is 18.4 Å². The molecule has 0 saturated carbocycles. The Morgan fingerprint density at radius 3 is 1.68 bits per heavy atom. The molecule has 0 rings (SSSR count). The van der Waals surface area contributed by atoms with E-state index in [2.05, 4.69) is 6.08 Å². The molecule has 22 heavy (non-hydrogen) atoms. The topological polar surface area (TPSA) is 52.6 Å². The zero-order valence-electron chi connectivity index (χ0n) is 15.0. The molecule has 0 aliphatic rings. The van der Waals surface area contributed by atoms with Crippen molar-refractivity contribution in [1.82, 2.24) is 0 Å². The van der Waals surface area contributed by atoms with Gasteiger partial charge in [0.05, 0.1) is 0 Å². The SMILES string of the molecule is C[Si](C)(C)OC(=O)CC/C=C/CCCCC(=O)O[Si](C)(C)C. The molecule has 0 fully saturated rings.